The number of fused-ring (bicyclic) bond motifs is 14. The third-order valence-electron chi connectivity index (χ3n) is 17.3. The molecule has 0 aliphatic heterocycles. The number of hydrogen-bond acceptors (Lipinski definition) is 3. The topological polar surface area (TPSA) is 19.6 Å². The zero-order valence-corrected chi connectivity index (χ0v) is 48.6. The molecule has 0 N–H and O–H groups in total. The van der Waals surface area contributed by atoms with E-state index in [0.717, 1.165) is 72.8 Å². The molecule has 0 radical (unpaired) electrons. The molecule has 13 rings (SSSR count). The lowest BCUT2D eigenvalue weighted by atomic mass is 9.70. The Morgan fingerprint density at radius 3 is 1.21 bits per heavy atom. The van der Waals surface area contributed by atoms with Crippen molar-refractivity contribution in [3.05, 3.63) is 263 Å². The first-order valence-corrected chi connectivity index (χ1v) is 28.7. The van der Waals surface area contributed by atoms with E-state index in [1.54, 1.807) is 0 Å². The molecule has 1 aromatic heterocycles. The summed E-state index contributed by atoms with van der Waals surface area (Å²) < 4.78 is 7.64. The maximum absolute atomic E-state index is 7.64. The molecular formula is C77H72N2O. The second kappa shape index (κ2) is 18.3. The highest BCUT2D eigenvalue weighted by Crippen LogP contribution is 2.66. The Bertz CT molecular complexity index is 4010. The number of furan rings is 1. The van der Waals surface area contributed by atoms with Gasteiger partial charge in [0.1, 0.15) is 11.2 Å². The van der Waals surface area contributed by atoms with E-state index < -0.39 is 5.41 Å². The average molecular weight is 1040 g/mol. The third kappa shape index (κ3) is 8.22. The quantitative estimate of drug-likeness (QED) is 0.159. The van der Waals surface area contributed by atoms with Crippen molar-refractivity contribution >= 4 is 56.1 Å². The molecule has 396 valence electrons. The van der Waals surface area contributed by atoms with Crippen LogP contribution in [0.15, 0.2) is 223 Å². The van der Waals surface area contributed by atoms with Crippen molar-refractivity contribution in [1.29, 1.82) is 0 Å². The molecule has 0 atom stereocenters. The molecule has 0 amide bonds. The van der Waals surface area contributed by atoms with Crippen LogP contribution in [0.4, 0.5) is 34.1 Å². The lowest BCUT2D eigenvalue weighted by Gasteiger charge is -2.34. The van der Waals surface area contributed by atoms with Crippen molar-refractivity contribution in [3.63, 3.8) is 0 Å². The molecule has 80 heavy (non-hydrogen) atoms. The minimum atomic E-state index is -0.722. The van der Waals surface area contributed by atoms with Gasteiger partial charge in [-0.15, -0.1) is 0 Å². The Kier molecular flexibility index (Phi) is 11.7. The highest BCUT2D eigenvalue weighted by molar-refractivity contribution is 6.20. The van der Waals surface area contributed by atoms with Crippen LogP contribution in [0.3, 0.4) is 0 Å². The van der Waals surface area contributed by atoms with Gasteiger partial charge in [0.25, 0.3) is 0 Å². The molecule has 0 saturated heterocycles. The lowest BCUT2D eigenvalue weighted by molar-refractivity contribution is 0.590. The highest BCUT2D eigenvalue weighted by Gasteiger charge is 2.53. The van der Waals surface area contributed by atoms with E-state index in [1.807, 2.05) is 0 Å². The van der Waals surface area contributed by atoms with E-state index >= 15 is 0 Å². The van der Waals surface area contributed by atoms with Crippen LogP contribution in [0, 0.1) is 0 Å². The minimum Gasteiger partial charge on any atom is -0.455 e. The molecule has 0 bridgehead atoms. The summed E-state index contributed by atoms with van der Waals surface area (Å²) in [6, 6.07) is 82.6. The first-order chi connectivity index (χ1) is 38.2. The molecule has 0 fully saturated rings. The Morgan fingerprint density at radius 1 is 0.325 bits per heavy atom. The predicted molar refractivity (Wildman–Crippen MR) is 340 cm³/mol. The minimum absolute atomic E-state index is 0.0119. The summed E-state index contributed by atoms with van der Waals surface area (Å²) in [5.41, 5.74) is 24.9. The van der Waals surface area contributed by atoms with E-state index in [-0.39, 0.29) is 21.7 Å². The van der Waals surface area contributed by atoms with E-state index in [1.165, 1.54) is 61.2 Å². The fraction of sp³-hybridized carbons (Fsp3) is 0.221. The zero-order valence-electron chi connectivity index (χ0n) is 48.6. The molecule has 1 spiro atoms. The largest absolute Gasteiger partial charge is 0.455 e. The van der Waals surface area contributed by atoms with Crippen LogP contribution in [0.2, 0.25) is 0 Å². The van der Waals surface area contributed by atoms with Crippen LogP contribution in [0.25, 0.3) is 55.3 Å². The molecule has 1 heterocycles. The number of nitrogens with zero attached hydrogens (tertiary/aromatic N) is 2. The fourth-order valence-corrected chi connectivity index (χ4v) is 13.0. The van der Waals surface area contributed by atoms with Crippen LogP contribution in [-0.4, -0.2) is 0 Å². The van der Waals surface area contributed by atoms with Gasteiger partial charge in [-0.2, -0.15) is 0 Å². The Labute approximate surface area is 474 Å². The summed E-state index contributed by atoms with van der Waals surface area (Å²) in [7, 11) is 0. The van der Waals surface area contributed by atoms with Crippen LogP contribution >= 0.6 is 0 Å². The number of rotatable bonds is 7. The fourth-order valence-electron chi connectivity index (χ4n) is 13.0. The van der Waals surface area contributed by atoms with Crippen LogP contribution in [0.1, 0.15) is 128 Å². The maximum Gasteiger partial charge on any atom is 0.145 e. The van der Waals surface area contributed by atoms with Gasteiger partial charge < -0.3 is 14.2 Å². The zero-order chi connectivity index (χ0) is 55.7. The second-order valence-electron chi connectivity index (χ2n) is 26.6. The summed E-state index contributed by atoms with van der Waals surface area (Å²) in [4.78, 5) is 4.96. The highest BCUT2D eigenvalue weighted by atomic mass is 16.3. The van der Waals surface area contributed by atoms with Gasteiger partial charge in [-0.3, -0.25) is 0 Å². The average Bonchev–Trinajstić information content (AvgIpc) is 2.90. The summed E-state index contributed by atoms with van der Waals surface area (Å²) in [6.45, 7) is 27.5. The smallest absolute Gasteiger partial charge is 0.145 e. The van der Waals surface area contributed by atoms with Crippen molar-refractivity contribution in [2.45, 2.75) is 110 Å². The Balaban J connectivity index is 1.15. The van der Waals surface area contributed by atoms with Gasteiger partial charge in [0.15, 0.2) is 0 Å². The van der Waals surface area contributed by atoms with Crippen LogP contribution < -0.4 is 9.80 Å². The van der Waals surface area contributed by atoms with Gasteiger partial charge in [-0.25, -0.2) is 0 Å². The third-order valence-corrected chi connectivity index (χ3v) is 17.3. The molecule has 0 unspecified atom stereocenters. The van der Waals surface area contributed by atoms with Gasteiger partial charge in [0, 0.05) is 39.4 Å². The van der Waals surface area contributed by atoms with Gasteiger partial charge in [0.2, 0.25) is 0 Å². The molecule has 0 saturated carbocycles. The molecule has 10 aromatic carbocycles. The maximum atomic E-state index is 7.64. The summed E-state index contributed by atoms with van der Waals surface area (Å²) in [6.07, 6.45) is 0. The molecule has 3 heteroatoms. The van der Waals surface area contributed by atoms with Crippen molar-refractivity contribution in [1.82, 2.24) is 0 Å². The Morgan fingerprint density at radius 2 is 0.750 bits per heavy atom. The van der Waals surface area contributed by atoms with E-state index in [0.29, 0.717) is 0 Å². The van der Waals surface area contributed by atoms with E-state index in [2.05, 4.69) is 311 Å². The van der Waals surface area contributed by atoms with Crippen LogP contribution in [0.5, 0.6) is 0 Å². The second-order valence-corrected chi connectivity index (χ2v) is 26.6. The van der Waals surface area contributed by atoms with Crippen molar-refractivity contribution < 1.29 is 4.42 Å². The molecule has 3 nitrogen and oxygen atoms in total. The molecule has 2 aliphatic carbocycles. The standard InChI is InChI=1S/C77H72N2O/c1-73(2,3)51-27-35-55(36-28-51)78(56-37-29-52(30-38-56)74(4,5)6)59-43-45-62-66(47-59)77(64-24-18-16-22-60(64)61-23-17-19-25-65(61)77)67-48-68(71-63-44-26-50(49-20-14-13-15-21-49)46-69(63)80-72(71)70(62)67)79(57-39-31-53(32-40-57)75(7,8)9)58-41-33-54(34-42-58)76(10,11)12/h13-48H,1-12H3. The van der Waals surface area contributed by atoms with Gasteiger partial charge in [0.05, 0.1) is 16.5 Å². The van der Waals surface area contributed by atoms with E-state index in [4.69, 9.17) is 4.42 Å². The first-order valence-electron chi connectivity index (χ1n) is 28.7. The van der Waals surface area contributed by atoms with Crippen molar-refractivity contribution in [2.75, 3.05) is 9.80 Å². The van der Waals surface area contributed by atoms with Crippen LogP contribution in [-0.2, 0) is 27.1 Å². The number of hydrogen-bond donors (Lipinski definition) is 0. The van der Waals surface area contributed by atoms with Crippen molar-refractivity contribution in [3.8, 4) is 33.4 Å². The summed E-state index contributed by atoms with van der Waals surface area (Å²) in [5.74, 6) is 0. The number of benzene rings is 10. The molecule has 11 aromatic rings. The predicted octanol–water partition coefficient (Wildman–Crippen LogP) is 21.7. The summed E-state index contributed by atoms with van der Waals surface area (Å²) >= 11 is 0. The Hall–Kier alpha value is -8.40. The van der Waals surface area contributed by atoms with Gasteiger partial charge in [-0.05, 0) is 173 Å². The molecule has 2 aliphatic rings. The normalized spacial score (nSPS) is 13.6. The number of anilines is 6. The SMILES string of the molecule is CC(C)(C)c1ccc(N(c2ccc(C(C)(C)C)cc2)c2ccc3c(c2)C2(c4ccccc4-c4ccccc42)c2cc(N(c4ccc(C(C)(C)C)cc4)c4ccc(C(C)(C)C)cc4)c4c(oc5cc(-c6ccccc6)ccc54)c2-3)cc1. The summed E-state index contributed by atoms with van der Waals surface area (Å²) in [5, 5.41) is 2.17. The van der Waals surface area contributed by atoms with E-state index in [9.17, 15) is 0 Å². The van der Waals surface area contributed by atoms with Gasteiger partial charge in [-0.1, -0.05) is 223 Å². The lowest BCUT2D eigenvalue weighted by Crippen LogP contribution is -2.26. The van der Waals surface area contributed by atoms with Crippen molar-refractivity contribution in [2.24, 2.45) is 0 Å². The first kappa shape index (κ1) is 51.1. The molecular weight excluding hydrogens is 969 g/mol. The monoisotopic (exact) mass is 1040 g/mol. The van der Waals surface area contributed by atoms with Gasteiger partial charge >= 0.3 is 0 Å².